The van der Waals surface area contributed by atoms with Gasteiger partial charge < -0.3 is 9.88 Å². The Kier molecular flexibility index (Phi) is 4.75. The number of nitrogens with zero attached hydrogens (tertiary/aromatic N) is 1. The molecule has 1 aromatic heterocycles. The summed E-state index contributed by atoms with van der Waals surface area (Å²) in [5.74, 6) is 0.0370. The van der Waals surface area contributed by atoms with E-state index in [1.165, 1.54) is 0 Å². The highest BCUT2D eigenvalue weighted by Gasteiger charge is 2.36. The van der Waals surface area contributed by atoms with Crippen LogP contribution in [0.5, 0.6) is 0 Å². The Morgan fingerprint density at radius 3 is 2.72 bits per heavy atom. The second kappa shape index (κ2) is 7.00. The number of aromatic amines is 1. The first-order chi connectivity index (χ1) is 13.7. The van der Waals surface area contributed by atoms with Crippen LogP contribution in [0, 0.1) is 0 Å². The lowest BCUT2D eigenvalue weighted by atomic mass is 9.77. The van der Waals surface area contributed by atoms with E-state index in [2.05, 4.69) is 9.71 Å². The lowest BCUT2D eigenvalue weighted by Crippen LogP contribution is -2.39. The minimum Gasteiger partial charge on any atom is -0.361 e. The second-order valence-electron chi connectivity index (χ2n) is 8.20. The van der Waals surface area contributed by atoms with Crippen molar-refractivity contribution in [2.75, 3.05) is 18.5 Å². The molecule has 2 aromatic carbocycles. The van der Waals surface area contributed by atoms with Gasteiger partial charge in [-0.05, 0) is 41.8 Å². The van der Waals surface area contributed by atoms with Crippen molar-refractivity contribution in [1.29, 1.82) is 0 Å². The molecule has 0 saturated carbocycles. The standard InChI is InChI=1S/C22H25N3O3S/c1-22(2)13-21(26)25(3)20-9-8-16(12-18(20)22)29(27,28)24-11-10-15-14-23-19-7-5-4-6-17(15)19/h4-9,12,14,23-24H,10-11,13H2,1-3H3. The van der Waals surface area contributed by atoms with Crippen LogP contribution in [-0.2, 0) is 26.7 Å². The Morgan fingerprint density at radius 2 is 1.93 bits per heavy atom. The average Bonchev–Trinajstić information content (AvgIpc) is 3.09. The second-order valence-corrected chi connectivity index (χ2v) is 9.97. The minimum absolute atomic E-state index is 0.0370. The molecule has 0 spiro atoms. The highest BCUT2D eigenvalue weighted by molar-refractivity contribution is 7.89. The molecule has 1 aliphatic rings. The van der Waals surface area contributed by atoms with Gasteiger partial charge in [0.25, 0.3) is 0 Å². The predicted octanol–water partition coefficient (Wildman–Crippen LogP) is 3.33. The fraction of sp³-hybridized carbons (Fsp3) is 0.318. The van der Waals surface area contributed by atoms with Crippen LogP contribution in [0.2, 0.25) is 0 Å². The summed E-state index contributed by atoms with van der Waals surface area (Å²) in [4.78, 5) is 17.2. The van der Waals surface area contributed by atoms with Crippen molar-refractivity contribution in [3.63, 3.8) is 0 Å². The molecule has 0 unspecified atom stereocenters. The van der Waals surface area contributed by atoms with Gasteiger partial charge in [-0.15, -0.1) is 0 Å². The van der Waals surface area contributed by atoms with E-state index < -0.39 is 15.4 Å². The number of para-hydroxylation sites is 1. The van der Waals surface area contributed by atoms with Crippen LogP contribution >= 0.6 is 0 Å². The molecule has 0 fully saturated rings. The Bertz CT molecular complexity index is 1190. The van der Waals surface area contributed by atoms with Crippen molar-refractivity contribution in [1.82, 2.24) is 9.71 Å². The molecule has 0 saturated heterocycles. The van der Waals surface area contributed by atoms with Gasteiger partial charge in [0.15, 0.2) is 0 Å². The van der Waals surface area contributed by atoms with Crippen molar-refractivity contribution in [2.45, 2.75) is 37.0 Å². The molecule has 29 heavy (non-hydrogen) atoms. The van der Waals surface area contributed by atoms with Crippen molar-refractivity contribution in [3.8, 4) is 0 Å². The molecule has 2 N–H and O–H groups in total. The zero-order chi connectivity index (χ0) is 20.8. The predicted molar refractivity (Wildman–Crippen MR) is 115 cm³/mol. The van der Waals surface area contributed by atoms with Gasteiger partial charge in [-0.3, -0.25) is 4.79 Å². The first-order valence-electron chi connectivity index (χ1n) is 9.65. The highest BCUT2D eigenvalue weighted by atomic mass is 32.2. The van der Waals surface area contributed by atoms with Crippen LogP contribution in [0.4, 0.5) is 5.69 Å². The van der Waals surface area contributed by atoms with Gasteiger partial charge >= 0.3 is 0 Å². The summed E-state index contributed by atoms with van der Waals surface area (Å²) in [6, 6.07) is 13.0. The number of anilines is 1. The van der Waals surface area contributed by atoms with E-state index in [1.54, 1.807) is 30.1 Å². The normalized spacial score (nSPS) is 16.2. The first kappa shape index (κ1) is 19.7. The van der Waals surface area contributed by atoms with Crippen LogP contribution in [-0.4, -0.2) is 32.9 Å². The van der Waals surface area contributed by atoms with E-state index in [9.17, 15) is 13.2 Å². The quantitative estimate of drug-likeness (QED) is 0.676. The van der Waals surface area contributed by atoms with Gasteiger partial charge in [0.1, 0.15) is 0 Å². The fourth-order valence-electron chi connectivity index (χ4n) is 3.98. The van der Waals surface area contributed by atoms with E-state index in [0.717, 1.165) is 27.7 Å². The lowest BCUT2D eigenvalue weighted by Gasteiger charge is -2.37. The van der Waals surface area contributed by atoms with E-state index in [-0.39, 0.29) is 10.8 Å². The van der Waals surface area contributed by atoms with Crippen molar-refractivity contribution < 1.29 is 13.2 Å². The van der Waals surface area contributed by atoms with Gasteiger partial charge in [-0.25, -0.2) is 13.1 Å². The Labute approximate surface area is 171 Å². The Hall–Kier alpha value is -2.64. The number of aromatic nitrogens is 1. The topological polar surface area (TPSA) is 82.3 Å². The summed E-state index contributed by atoms with van der Waals surface area (Å²) >= 11 is 0. The van der Waals surface area contributed by atoms with Crippen molar-refractivity contribution >= 4 is 32.5 Å². The molecule has 1 amide bonds. The molecule has 0 bridgehead atoms. The molecule has 4 rings (SSSR count). The summed E-state index contributed by atoms with van der Waals surface area (Å²) in [7, 11) is -1.92. The molecule has 0 aliphatic carbocycles. The summed E-state index contributed by atoms with van der Waals surface area (Å²) in [6.45, 7) is 4.25. The molecule has 152 valence electrons. The number of benzene rings is 2. The van der Waals surface area contributed by atoms with Crippen molar-refractivity contribution in [3.05, 3.63) is 59.8 Å². The van der Waals surface area contributed by atoms with E-state index in [0.29, 0.717) is 19.4 Å². The molecule has 7 heteroatoms. The zero-order valence-electron chi connectivity index (χ0n) is 16.8. The Morgan fingerprint density at radius 1 is 1.17 bits per heavy atom. The molecular weight excluding hydrogens is 386 g/mol. The number of H-pyrrole nitrogens is 1. The van der Waals surface area contributed by atoms with Gasteiger partial charge in [0.2, 0.25) is 15.9 Å². The van der Waals surface area contributed by atoms with Crippen LogP contribution in [0.25, 0.3) is 10.9 Å². The molecule has 0 radical (unpaired) electrons. The summed E-state index contributed by atoms with van der Waals surface area (Å²) in [6.07, 6.45) is 2.87. The first-order valence-corrected chi connectivity index (χ1v) is 11.1. The number of hydrogen-bond acceptors (Lipinski definition) is 3. The van der Waals surface area contributed by atoms with E-state index >= 15 is 0 Å². The third-order valence-corrected chi connectivity index (χ3v) is 7.16. The summed E-state index contributed by atoms with van der Waals surface area (Å²) < 4.78 is 28.4. The maximum absolute atomic E-state index is 12.9. The number of hydrogen-bond donors (Lipinski definition) is 2. The highest BCUT2D eigenvalue weighted by Crippen LogP contribution is 2.40. The fourth-order valence-corrected chi connectivity index (χ4v) is 5.04. The number of fused-ring (bicyclic) bond motifs is 2. The molecule has 3 aromatic rings. The van der Waals surface area contributed by atoms with Crippen LogP contribution < -0.4 is 9.62 Å². The van der Waals surface area contributed by atoms with Crippen LogP contribution in [0.15, 0.2) is 53.6 Å². The van der Waals surface area contributed by atoms with Crippen LogP contribution in [0.1, 0.15) is 31.4 Å². The third kappa shape index (κ3) is 3.56. The van der Waals surface area contributed by atoms with Crippen LogP contribution in [0.3, 0.4) is 0 Å². The monoisotopic (exact) mass is 411 g/mol. The van der Waals surface area contributed by atoms with Gasteiger partial charge in [-0.1, -0.05) is 32.0 Å². The number of nitrogens with one attached hydrogen (secondary N) is 2. The lowest BCUT2D eigenvalue weighted by molar-refractivity contribution is -0.119. The van der Waals surface area contributed by atoms with E-state index in [1.807, 2.05) is 44.3 Å². The smallest absolute Gasteiger partial charge is 0.240 e. The molecule has 1 aliphatic heterocycles. The van der Waals surface area contributed by atoms with Gasteiger partial charge in [0.05, 0.1) is 4.90 Å². The maximum atomic E-state index is 12.9. The number of carbonyl (C=O) groups is 1. The number of amides is 1. The van der Waals surface area contributed by atoms with Gasteiger partial charge in [0, 0.05) is 48.2 Å². The molecule has 2 heterocycles. The SMILES string of the molecule is CN1C(=O)CC(C)(C)c2cc(S(=O)(=O)NCCc3c[nH]c4ccccc34)ccc21. The maximum Gasteiger partial charge on any atom is 0.240 e. The zero-order valence-corrected chi connectivity index (χ0v) is 17.6. The van der Waals surface area contributed by atoms with Gasteiger partial charge in [-0.2, -0.15) is 0 Å². The van der Waals surface area contributed by atoms with E-state index in [4.69, 9.17) is 0 Å². The minimum atomic E-state index is -3.65. The molecule has 6 nitrogen and oxygen atoms in total. The summed E-state index contributed by atoms with van der Waals surface area (Å²) in [5, 5.41) is 1.11. The number of rotatable bonds is 5. The Balaban J connectivity index is 1.54. The molecule has 0 atom stereocenters. The largest absolute Gasteiger partial charge is 0.361 e. The number of sulfonamides is 1. The van der Waals surface area contributed by atoms with Crippen molar-refractivity contribution in [2.24, 2.45) is 0 Å². The summed E-state index contributed by atoms with van der Waals surface area (Å²) in [5.41, 5.74) is 3.35. The third-order valence-electron chi connectivity index (χ3n) is 5.70. The molecular formula is C22H25N3O3S. The average molecular weight is 412 g/mol. The number of carbonyl (C=O) groups excluding carboxylic acids is 1.